The zero-order valence-electron chi connectivity index (χ0n) is 12.5. The molecule has 0 saturated heterocycles. The summed E-state index contributed by atoms with van der Waals surface area (Å²) in [5, 5.41) is 7.66. The number of rotatable bonds is 1. The van der Waals surface area contributed by atoms with Crippen LogP contribution in [0, 0.1) is 5.41 Å². The number of nitrogens with zero attached hydrogens (tertiary/aromatic N) is 3. The Hall–Kier alpha value is -1.92. The van der Waals surface area contributed by atoms with Gasteiger partial charge in [0.1, 0.15) is 5.60 Å². The van der Waals surface area contributed by atoms with Gasteiger partial charge in [0.05, 0.1) is 5.69 Å². The Kier molecular flexibility index (Phi) is 3.31. The van der Waals surface area contributed by atoms with Crippen LogP contribution in [0.3, 0.4) is 0 Å². The zero-order valence-corrected chi connectivity index (χ0v) is 12.5. The summed E-state index contributed by atoms with van der Waals surface area (Å²) in [5.74, 6) is -0.0477. The van der Waals surface area contributed by atoms with E-state index in [9.17, 15) is 9.59 Å². The second kappa shape index (κ2) is 4.57. The van der Waals surface area contributed by atoms with Crippen LogP contribution in [0.4, 0.5) is 4.79 Å². The molecule has 0 bridgehead atoms. The van der Waals surface area contributed by atoms with Crippen molar-refractivity contribution in [1.82, 2.24) is 15.1 Å². The van der Waals surface area contributed by atoms with Gasteiger partial charge in [0.25, 0.3) is 0 Å². The molecule has 1 amide bonds. The third-order valence-corrected chi connectivity index (χ3v) is 2.91. The first kappa shape index (κ1) is 14.5. The van der Waals surface area contributed by atoms with E-state index in [1.54, 1.807) is 20.8 Å². The van der Waals surface area contributed by atoms with E-state index in [0.717, 1.165) is 0 Å². The van der Waals surface area contributed by atoms with Crippen LogP contribution >= 0.6 is 0 Å². The van der Waals surface area contributed by atoms with Crippen LogP contribution in [0.15, 0.2) is 0 Å². The minimum Gasteiger partial charge on any atom is -0.443 e. The van der Waals surface area contributed by atoms with Gasteiger partial charge >= 0.3 is 6.09 Å². The van der Waals surface area contributed by atoms with Crippen LogP contribution in [0.1, 0.15) is 57.2 Å². The molecule has 1 aromatic heterocycles. The van der Waals surface area contributed by atoms with E-state index in [0.29, 0.717) is 24.2 Å². The second-order valence-corrected chi connectivity index (χ2v) is 6.85. The predicted octanol–water partition coefficient (Wildman–Crippen LogP) is 1.91. The number of carbonyl (C=O) groups is 2. The van der Waals surface area contributed by atoms with Gasteiger partial charge in [0, 0.05) is 6.42 Å². The highest BCUT2D eigenvalue weighted by Gasteiger charge is 2.35. The Labute approximate surface area is 117 Å². The molecule has 20 heavy (non-hydrogen) atoms. The highest BCUT2D eigenvalue weighted by atomic mass is 16.6. The van der Waals surface area contributed by atoms with Crippen LogP contribution in [0.2, 0.25) is 0 Å². The molecule has 2 rings (SSSR count). The molecule has 0 atom stereocenters. The molecule has 0 saturated carbocycles. The minimum atomic E-state index is -0.624. The first-order valence-corrected chi connectivity index (χ1v) is 6.55. The van der Waals surface area contributed by atoms with Crippen LogP contribution in [-0.2, 0) is 11.2 Å². The SMILES string of the molecule is CC1(C)CC(=O)c2nnn(NC(=O)OC(C)(C)C)c2C1. The lowest BCUT2D eigenvalue weighted by Gasteiger charge is -2.28. The van der Waals surface area contributed by atoms with Crippen LogP contribution in [-0.4, -0.2) is 32.6 Å². The molecule has 1 aromatic rings. The van der Waals surface area contributed by atoms with Crippen molar-refractivity contribution in [3.8, 4) is 0 Å². The van der Waals surface area contributed by atoms with Gasteiger partial charge in [-0.15, -0.1) is 5.10 Å². The molecule has 0 aromatic carbocycles. The third-order valence-electron chi connectivity index (χ3n) is 2.91. The number of hydrogen-bond donors (Lipinski definition) is 1. The summed E-state index contributed by atoms with van der Waals surface area (Å²) < 4.78 is 5.16. The summed E-state index contributed by atoms with van der Waals surface area (Å²) in [6.07, 6.45) is 0.433. The number of carbonyl (C=O) groups excluding carboxylic acids is 2. The van der Waals surface area contributed by atoms with E-state index >= 15 is 0 Å². The van der Waals surface area contributed by atoms with Crippen molar-refractivity contribution in [1.29, 1.82) is 0 Å². The number of nitrogens with one attached hydrogen (secondary N) is 1. The van der Waals surface area contributed by atoms with Crippen LogP contribution in [0.25, 0.3) is 0 Å². The highest BCUT2D eigenvalue weighted by Crippen LogP contribution is 2.33. The monoisotopic (exact) mass is 280 g/mol. The fraction of sp³-hybridized carbons (Fsp3) is 0.692. The second-order valence-electron chi connectivity index (χ2n) is 6.85. The average Bonchev–Trinajstić information content (AvgIpc) is 2.56. The number of hydrogen-bond acceptors (Lipinski definition) is 5. The number of amides is 1. The van der Waals surface area contributed by atoms with Gasteiger partial charge in [-0.3, -0.25) is 4.79 Å². The lowest BCUT2D eigenvalue weighted by molar-refractivity contribution is 0.0605. The molecule has 0 unspecified atom stereocenters. The van der Waals surface area contributed by atoms with Gasteiger partial charge in [-0.05, 0) is 37.8 Å². The number of ether oxygens (including phenoxy) is 1. The minimum absolute atomic E-state index is 0.0477. The maximum absolute atomic E-state index is 12.0. The normalized spacial score (nSPS) is 17.6. The molecule has 0 spiro atoms. The van der Waals surface area contributed by atoms with E-state index < -0.39 is 11.7 Å². The standard InChI is InChI=1S/C13H20N4O3/c1-12(2,3)20-11(19)15-17-8-6-13(4,5)7-9(18)10(8)14-16-17/h6-7H2,1-5H3,(H,15,19). The van der Waals surface area contributed by atoms with Gasteiger partial charge in [-0.1, -0.05) is 13.8 Å². The molecule has 0 radical (unpaired) electrons. The van der Waals surface area contributed by atoms with E-state index in [1.807, 2.05) is 13.8 Å². The summed E-state index contributed by atoms with van der Waals surface area (Å²) in [5.41, 5.74) is 2.69. The van der Waals surface area contributed by atoms with Crippen molar-refractivity contribution in [3.05, 3.63) is 11.4 Å². The molecular weight excluding hydrogens is 260 g/mol. The molecule has 1 N–H and O–H groups in total. The third kappa shape index (κ3) is 3.15. The van der Waals surface area contributed by atoms with E-state index in [2.05, 4.69) is 15.7 Å². The lowest BCUT2D eigenvalue weighted by atomic mass is 9.77. The van der Waals surface area contributed by atoms with Gasteiger partial charge in [-0.2, -0.15) is 4.79 Å². The average molecular weight is 280 g/mol. The van der Waals surface area contributed by atoms with E-state index in [4.69, 9.17) is 4.74 Å². The van der Waals surface area contributed by atoms with Gasteiger partial charge in [-0.25, -0.2) is 10.2 Å². The fourth-order valence-electron chi connectivity index (χ4n) is 2.19. The predicted molar refractivity (Wildman–Crippen MR) is 72.0 cm³/mol. The van der Waals surface area contributed by atoms with Crippen LogP contribution < -0.4 is 5.43 Å². The van der Waals surface area contributed by atoms with E-state index in [1.165, 1.54) is 4.79 Å². The maximum atomic E-state index is 12.0. The molecule has 1 aliphatic rings. The van der Waals surface area contributed by atoms with Crippen molar-refractivity contribution in [2.24, 2.45) is 5.41 Å². The van der Waals surface area contributed by atoms with Crippen molar-refractivity contribution >= 4 is 11.9 Å². The smallest absolute Gasteiger partial charge is 0.428 e. The molecule has 7 nitrogen and oxygen atoms in total. The van der Waals surface area contributed by atoms with Gasteiger partial charge in [0.2, 0.25) is 0 Å². The molecule has 1 aliphatic carbocycles. The molecule has 1 heterocycles. The molecule has 0 aliphatic heterocycles. The van der Waals surface area contributed by atoms with Crippen molar-refractivity contribution < 1.29 is 14.3 Å². The Morgan fingerprint density at radius 1 is 1.35 bits per heavy atom. The topological polar surface area (TPSA) is 86.1 Å². The Morgan fingerprint density at radius 2 is 2.00 bits per heavy atom. The first-order chi connectivity index (χ1) is 9.07. The maximum Gasteiger partial charge on any atom is 0.428 e. The summed E-state index contributed by atoms with van der Waals surface area (Å²) >= 11 is 0. The fourth-order valence-corrected chi connectivity index (χ4v) is 2.19. The highest BCUT2D eigenvalue weighted by molar-refractivity contribution is 5.96. The lowest BCUT2D eigenvalue weighted by Crippen LogP contribution is -2.35. The summed E-state index contributed by atoms with van der Waals surface area (Å²) in [4.78, 5) is 25.0. The molecule has 0 fully saturated rings. The number of aromatic nitrogens is 3. The summed E-state index contributed by atoms with van der Waals surface area (Å²) in [6.45, 7) is 9.32. The van der Waals surface area contributed by atoms with Crippen molar-refractivity contribution in [3.63, 3.8) is 0 Å². The van der Waals surface area contributed by atoms with E-state index in [-0.39, 0.29) is 11.2 Å². The Bertz CT molecular complexity index is 554. The molecular formula is C13H20N4O3. The number of ketones is 1. The van der Waals surface area contributed by atoms with Gasteiger partial charge < -0.3 is 4.74 Å². The van der Waals surface area contributed by atoms with Crippen molar-refractivity contribution in [2.75, 3.05) is 5.43 Å². The van der Waals surface area contributed by atoms with Gasteiger partial charge in [0.15, 0.2) is 11.5 Å². The Balaban J connectivity index is 2.20. The summed E-state index contributed by atoms with van der Waals surface area (Å²) in [7, 11) is 0. The molecule has 110 valence electrons. The largest absolute Gasteiger partial charge is 0.443 e. The Morgan fingerprint density at radius 3 is 2.60 bits per heavy atom. The quantitative estimate of drug-likeness (QED) is 0.849. The zero-order chi connectivity index (χ0) is 15.1. The van der Waals surface area contributed by atoms with Crippen molar-refractivity contribution in [2.45, 2.75) is 53.1 Å². The van der Waals surface area contributed by atoms with Crippen LogP contribution in [0.5, 0.6) is 0 Å². The summed E-state index contributed by atoms with van der Waals surface area (Å²) in [6, 6.07) is 0. The molecule has 7 heteroatoms. The first-order valence-electron chi connectivity index (χ1n) is 6.55. The number of fused-ring (bicyclic) bond motifs is 1. The number of Topliss-reactive ketones (excluding diaryl/α,β-unsaturated/α-hetero) is 1.